The fourth-order valence-corrected chi connectivity index (χ4v) is 2.56. The molecule has 0 spiro atoms. The third-order valence-electron chi connectivity index (χ3n) is 3.93. The molecule has 7 nitrogen and oxygen atoms in total. The van der Waals surface area contributed by atoms with Crippen molar-refractivity contribution in [2.24, 2.45) is 5.10 Å². The van der Waals surface area contributed by atoms with E-state index in [1.165, 1.54) is 0 Å². The van der Waals surface area contributed by atoms with Gasteiger partial charge < -0.3 is 10.1 Å². The number of hydrazone groups is 1. The lowest BCUT2D eigenvalue weighted by Crippen LogP contribution is -2.39. The number of amides is 2. The van der Waals surface area contributed by atoms with Crippen LogP contribution in [-0.4, -0.2) is 29.6 Å². The van der Waals surface area contributed by atoms with Gasteiger partial charge in [-0.05, 0) is 35.4 Å². The summed E-state index contributed by atoms with van der Waals surface area (Å²) in [7, 11) is 1.60. The maximum absolute atomic E-state index is 12.6. The molecule has 2 aromatic rings. The molecular formula is C18H18N4O3. The number of carbonyl (C=O) groups is 2. The van der Waals surface area contributed by atoms with Crippen LogP contribution in [0, 0.1) is 0 Å². The molecule has 0 saturated heterocycles. The molecule has 3 rings (SSSR count). The lowest BCUT2D eigenvalue weighted by atomic mass is 9.99. The normalized spacial score (nSPS) is 14.9. The van der Waals surface area contributed by atoms with Crippen LogP contribution in [0.25, 0.3) is 0 Å². The average Bonchev–Trinajstić information content (AvgIpc) is 2.67. The van der Waals surface area contributed by atoms with Gasteiger partial charge in [0.1, 0.15) is 11.5 Å². The van der Waals surface area contributed by atoms with E-state index in [1.807, 2.05) is 36.4 Å². The summed E-state index contributed by atoms with van der Waals surface area (Å²) in [4.78, 5) is 27.8. The monoisotopic (exact) mass is 338 g/mol. The highest BCUT2D eigenvalue weighted by molar-refractivity contribution is 6.39. The van der Waals surface area contributed by atoms with E-state index in [2.05, 4.69) is 20.8 Å². The van der Waals surface area contributed by atoms with Gasteiger partial charge in [-0.25, -0.2) is 5.43 Å². The van der Waals surface area contributed by atoms with E-state index in [-0.39, 0.29) is 24.3 Å². The summed E-state index contributed by atoms with van der Waals surface area (Å²) in [6.07, 6.45) is 3.94. The van der Waals surface area contributed by atoms with Crippen LogP contribution in [0.1, 0.15) is 30.0 Å². The van der Waals surface area contributed by atoms with E-state index in [0.717, 1.165) is 16.9 Å². The summed E-state index contributed by atoms with van der Waals surface area (Å²) in [5.74, 6) is 0.248. The van der Waals surface area contributed by atoms with Crippen molar-refractivity contribution in [3.63, 3.8) is 0 Å². The van der Waals surface area contributed by atoms with Gasteiger partial charge in [0.05, 0.1) is 13.2 Å². The average molecular weight is 338 g/mol. The van der Waals surface area contributed by atoms with Crippen LogP contribution < -0.4 is 15.5 Å². The number of hydrogen-bond donors (Lipinski definition) is 2. The number of methoxy groups -OCH3 is 1. The minimum Gasteiger partial charge on any atom is -0.497 e. The Morgan fingerprint density at radius 1 is 1.12 bits per heavy atom. The van der Waals surface area contributed by atoms with Gasteiger partial charge >= 0.3 is 0 Å². The number of benzene rings is 1. The van der Waals surface area contributed by atoms with Crippen LogP contribution in [0.5, 0.6) is 5.75 Å². The van der Waals surface area contributed by atoms with Crippen molar-refractivity contribution in [2.45, 2.75) is 18.9 Å². The zero-order valence-corrected chi connectivity index (χ0v) is 13.7. The number of nitrogens with one attached hydrogen (secondary N) is 2. The fraction of sp³-hybridized carbons (Fsp3) is 0.222. The molecule has 2 heterocycles. The number of ether oxygens (including phenoxy) is 1. The van der Waals surface area contributed by atoms with E-state index in [0.29, 0.717) is 12.1 Å². The minimum absolute atomic E-state index is 0.183. The molecule has 1 aromatic heterocycles. The second-order valence-electron chi connectivity index (χ2n) is 5.55. The standard InChI is InChI=1S/C18H18N4O3/c1-25-14-4-2-12(3-5-14)17(13-8-10-19-11-9-13)20-18(24)15-6-7-16(23)22-21-15/h2-5,8-11,17H,6-7H2,1H3,(H,20,24)(H,22,23)/t17-/m0/s1. The van der Waals surface area contributed by atoms with Crippen molar-refractivity contribution < 1.29 is 14.3 Å². The molecule has 2 amide bonds. The molecule has 25 heavy (non-hydrogen) atoms. The molecule has 0 unspecified atom stereocenters. The van der Waals surface area contributed by atoms with Crippen LogP contribution in [0.4, 0.5) is 0 Å². The molecule has 2 N–H and O–H groups in total. The number of pyridine rings is 1. The number of nitrogens with zero attached hydrogens (tertiary/aromatic N) is 2. The van der Waals surface area contributed by atoms with Crippen molar-refractivity contribution in [1.29, 1.82) is 0 Å². The van der Waals surface area contributed by atoms with Crippen molar-refractivity contribution in [2.75, 3.05) is 7.11 Å². The van der Waals surface area contributed by atoms with Gasteiger partial charge in [0.2, 0.25) is 5.91 Å². The molecule has 1 atom stereocenters. The van der Waals surface area contributed by atoms with Gasteiger partial charge in [-0.2, -0.15) is 5.10 Å². The molecule has 128 valence electrons. The predicted octanol–water partition coefficient (Wildman–Crippen LogP) is 1.56. The Morgan fingerprint density at radius 2 is 1.80 bits per heavy atom. The van der Waals surface area contributed by atoms with E-state index in [1.54, 1.807) is 19.5 Å². The first-order valence-electron chi connectivity index (χ1n) is 7.87. The summed E-state index contributed by atoms with van der Waals surface area (Å²) in [5.41, 5.74) is 4.46. The van der Waals surface area contributed by atoms with Gasteiger partial charge in [0.25, 0.3) is 5.91 Å². The van der Waals surface area contributed by atoms with Crippen molar-refractivity contribution in [1.82, 2.24) is 15.7 Å². The van der Waals surface area contributed by atoms with Gasteiger partial charge in [0.15, 0.2) is 0 Å². The minimum atomic E-state index is -0.360. The van der Waals surface area contributed by atoms with Crippen molar-refractivity contribution in [3.05, 3.63) is 59.9 Å². The number of aromatic nitrogens is 1. The Balaban J connectivity index is 1.86. The summed E-state index contributed by atoms with van der Waals surface area (Å²) >= 11 is 0. The third kappa shape index (κ3) is 4.00. The SMILES string of the molecule is COc1ccc([C@H](NC(=O)C2=NNC(=O)CC2)c2ccncc2)cc1. The van der Waals surface area contributed by atoms with Crippen molar-refractivity contribution >= 4 is 17.5 Å². The zero-order valence-electron chi connectivity index (χ0n) is 13.7. The number of rotatable bonds is 5. The van der Waals surface area contributed by atoms with Crippen LogP contribution in [-0.2, 0) is 9.59 Å². The maximum atomic E-state index is 12.6. The fourth-order valence-electron chi connectivity index (χ4n) is 2.56. The van der Waals surface area contributed by atoms with Gasteiger partial charge in [0, 0.05) is 25.2 Å². The second kappa shape index (κ2) is 7.57. The lowest BCUT2D eigenvalue weighted by Gasteiger charge is -2.21. The van der Waals surface area contributed by atoms with E-state index in [4.69, 9.17) is 4.74 Å². The summed E-state index contributed by atoms with van der Waals surface area (Å²) in [5, 5.41) is 6.83. The highest BCUT2D eigenvalue weighted by Gasteiger charge is 2.23. The second-order valence-corrected chi connectivity index (χ2v) is 5.55. The largest absolute Gasteiger partial charge is 0.497 e. The zero-order chi connectivity index (χ0) is 17.6. The first kappa shape index (κ1) is 16.6. The molecule has 1 aliphatic heterocycles. The highest BCUT2D eigenvalue weighted by Crippen LogP contribution is 2.24. The molecule has 7 heteroatoms. The first-order valence-corrected chi connectivity index (χ1v) is 7.87. The van der Waals surface area contributed by atoms with Gasteiger partial charge in [-0.1, -0.05) is 12.1 Å². The Kier molecular flexibility index (Phi) is 5.03. The molecule has 1 aliphatic rings. The third-order valence-corrected chi connectivity index (χ3v) is 3.93. The molecule has 1 aromatic carbocycles. The summed E-state index contributed by atoms with van der Waals surface area (Å²) in [6.45, 7) is 0. The summed E-state index contributed by atoms with van der Waals surface area (Å²) < 4.78 is 5.18. The lowest BCUT2D eigenvalue weighted by molar-refractivity contribution is -0.121. The van der Waals surface area contributed by atoms with E-state index in [9.17, 15) is 9.59 Å². The highest BCUT2D eigenvalue weighted by atomic mass is 16.5. The van der Waals surface area contributed by atoms with Crippen LogP contribution in [0.3, 0.4) is 0 Å². The molecule has 0 radical (unpaired) electrons. The molecule has 0 bridgehead atoms. The Morgan fingerprint density at radius 3 is 2.40 bits per heavy atom. The molecule has 0 fully saturated rings. The van der Waals surface area contributed by atoms with Crippen LogP contribution in [0.2, 0.25) is 0 Å². The topological polar surface area (TPSA) is 92.7 Å². The van der Waals surface area contributed by atoms with E-state index >= 15 is 0 Å². The Bertz CT molecular complexity index is 788. The smallest absolute Gasteiger partial charge is 0.268 e. The Hall–Kier alpha value is -3.22. The number of carbonyl (C=O) groups excluding carboxylic acids is 2. The molecular weight excluding hydrogens is 320 g/mol. The van der Waals surface area contributed by atoms with Gasteiger partial charge in [-0.3, -0.25) is 14.6 Å². The molecule has 0 aliphatic carbocycles. The molecule has 0 saturated carbocycles. The van der Waals surface area contributed by atoms with Crippen molar-refractivity contribution in [3.8, 4) is 5.75 Å². The first-order chi connectivity index (χ1) is 12.2. The van der Waals surface area contributed by atoms with Gasteiger partial charge in [-0.15, -0.1) is 0 Å². The van der Waals surface area contributed by atoms with Crippen LogP contribution >= 0.6 is 0 Å². The Labute approximate surface area is 145 Å². The quantitative estimate of drug-likeness (QED) is 0.865. The van der Waals surface area contributed by atoms with E-state index < -0.39 is 0 Å². The number of hydrogen-bond acceptors (Lipinski definition) is 5. The predicted molar refractivity (Wildman–Crippen MR) is 92.0 cm³/mol. The summed E-state index contributed by atoms with van der Waals surface area (Å²) in [6, 6.07) is 10.8. The van der Waals surface area contributed by atoms with Crippen LogP contribution in [0.15, 0.2) is 53.9 Å². The maximum Gasteiger partial charge on any atom is 0.268 e.